The molecule has 6 nitrogen and oxygen atoms in total. The Hall–Kier alpha value is -1.71. The number of halogens is 1. The number of aliphatic imine (C=N–C) groups is 1. The number of hydrogen-bond acceptors (Lipinski definition) is 4. The van der Waals surface area contributed by atoms with E-state index < -0.39 is 0 Å². The lowest BCUT2D eigenvalue weighted by Gasteiger charge is -2.41. The third-order valence-corrected chi connectivity index (χ3v) is 5.25. The monoisotopic (exact) mass is 509 g/mol. The lowest BCUT2D eigenvalue weighted by atomic mass is 9.88. The van der Waals surface area contributed by atoms with Gasteiger partial charge < -0.3 is 20.7 Å². The highest BCUT2D eigenvalue weighted by atomic mass is 127. The van der Waals surface area contributed by atoms with Crippen molar-refractivity contribution in [3.05, 3.63) is 66.0 Å². The molecule has 0 amide bonds. The summed E-state index contributed by atoms with van der Waals surface area (Å²) in [5.74, 6) is 0.783. The van der Waals surface area contributed by atoms with E-state index in [1.54, 1.807) is 13.2 Å². The zero-order valence-corrected chi connectivity index (χ0v) is 19.6. The second-order valence-corrected chi connectivity index (χ2v) is 7.27. The molecule has 0 radical (unpaired) electrons. The summed E-state index contributed by atoms with van der Waals surface area (Å²) in [7, 11) is 1.80. The fraction of sp³-hybridized carbons (Fsp3) is 0.455. The maximum Gasteiger partial charge on any atom is 0.191 e. The van der Waals surface area contributed by atoms with Crippen LogP contribution in [0.5, 0.6) is 0 Å². The first-order chi connectivity index (χ1) is 13.7. The van der Waals surface area contributed by atoms with Crippen molar-refractivity contribution in [2.75, 3.05) is 26.8 Å². The quantitative estimate of drug-likeness (QED) is 0.304. The predicted octanol–water partition coefficient (Wildman–Crippen LogP) is 3.26. The average molecular weight is 509 g/mol. The first-order valence-corrected chi connectivity index (χ1v) is 9.96. The molecule has 158 valence electrons. The van der Waals surface area contributed by atoms with Crippen LogP contribution in [0.25, 0.3) is 0 Å². The summed E-state index contributed by atoms with van der Waals surface area (Å²) >= 11 is 0. The lowest BCUT2D eigenvalue weighted by molar-refractivity contribution is 0.0355. The van der Waals surface area contributed by atoms with Crippen molar-refractivity contribution >= 4 is 29.9 Å². The van der Waals surface area contributed by atoms with E-state index in [0.717, 1.165) is 44.3 Å². The van der Waals surface area contributed by atoms with Crippen LogP contribution in [0.1, 0.15) is 37.1 Å². The van der Waals surface area contributed by atoms with Gasteiger partial charge in [-0.25, -0.2) is 0 Å². The van der Waals surface area contributed by atoms with E-state index in [1.165, 1.54) is 5.56 Å². The summed E-state index contributed by atoms with van der Waals surface area (Å²) in [5.41, 5.74) is 2.25. The van der Waals surface area contributed by atoms with E-state index in [4.69, 9.17) is 4.74 Å². The van der Waals surface area contributed by atoms with Gasteiger partial charge in [-0.15, -0.1) is 24.0 Å². The summed E-state index contributed by atoms with van der Waals surface area (Å²) in [6, 6.07) is 16.8. The maximum atomic E-state index is 5.63. The number of nitrogens with zero attached hydrogens (tertiary/aromatic N) is 2. The standard InChI is InChI=1S/C22H31N5O.HI/c1-18(19-8-4-3-5-9-19)27-22(11-14-28-15-12-22)17-26-21(23-2)25-16-20-10-6-7-13-24-20;/h3-10,13,18,27H,11-12,14-17H2,1-2H3,(H2,23,25,26);1H. The second-order valence-electron chi connectivity index (χ2n) is 7.27. The number of benzene rings is 1. The predicted molar refractivity (Wildman–Crippen MR) is 129 cm³/mol. The largest absolute Gasteiger partial charge is 0.381 e. The summed E-state index contributed by atoms with van der Waals surface area (Å²) < 4.78 is 5.63. The molecule has 1 aromatic carbocycles. The van der Waals surface area contributed by atoms with Crippen LogP contribution in [0.2, 0.25) is 0 Å². The van der Waals surface area contributed by atoms with Gasteiger partial charge >= 0.3 is 0 Å². The summed E-state index contributed by atoms with van der Waals surface area (Å²) in [6.07, 6.45) is 3.74. The van der Waals surface area contributed by atoms with Gasteiger partial charge in [0.1, 0.15) is 0 Å². The van der Waals surface area contributed by atoms with Gasteiger partial charge in [0.15, 0.2) is 5.96 Å². The minimum absolute atomic E-state index is 0. The topological polar surface area (TPSA) is 70.6 Å². The fourth-order valence-electron chi connectivity index (χ4n) is 3.57. The Morgan fingerprint density at radius 2 is 1.83 bits per heavy atom. The molecular weight excluding hydrogens is 477 g/mol. The van der Waals surface area contributed by atoms with E-state index in [-0.39, 0.29) is 35.6 Å². The highest BCUT2D eigenvalue weighted by molar-refractivity contribution is 14.0. The van der Waals surface area contributed by atoms with Gasteiger partial charge in [-0.05, 0) is 37.5 Å². The van der Waals surface area contributed by atoms with Crippen LogP contribution >= 0.6 is 24.0 Å². The van der Waals surface area contributed by atoms with Gasteiger partial charge in [0.2, 0.25) is 0 Å². The number of hydrogen-bond donors (Lipinski definition) is 3. The van der Waals surface area contributed by atoms with E-state index >= 15 is 0 Å². The molecule has 1 aromatic heterocycles. The minimum atomic E-state index is -0.0316. The molecule has 2 aromatic rings. The number of nitrogens with one attached hydrogen (secondary N) is 3. The van der Waals surface area contributed by atoms with Crippen LogP contribution in [0.4, 0.5) is 0 Å². The molecular formula is C22H32IN5O. The van der Waals surface area contributed by atoms with Crippen molar-refractivity contribution in [3.8, 4) is 0 Å². The van der Waals surface area contributed by atoms with Crippen LogP contribution in [0, 0.1) is 0 Å². The number of ether oxygens (including phenoxy) is 1. The third-order valence-electron chi connectivity index (χ3n) is 5.25. The molecule has 1 atom stereocenters. The van der Waals surface area contributed by atoms with Crippen LogP contribution < -0.4 is 16.0 Å². The van der Waals surface area contributed by atoms with Crippen LogP contribution in [-0.4, -0.2) is 43.3 Å². The molecule has 1 aliphatic heterocycles. The highest BCUT2D eigenvalue weighted by Crippen LogP contribution is 2.25. The number of aromatic nitrogens is 1. The van der Waals surface area contributed by atoms with Crippen molar-refractivity contribution in [2.24, 2.45) is 4.99 Å². The number of rotatable bonds is 7. The zero-order valence-electron chi connectivity index (χ0n) is 17.2. The molecule has 3 N–H and O–H groups in total. The molecule has 1 aliphatic rings. The first kappa shape index (κ1) is 23.6. The molecule has 0 bridgehead atoms. The van der Waals surface area contributed by atoms with Gasteiger partial charge in [0, 0.05) is 44.6 Å². The van der Waals surface area contributed by atoms with Gasteiger partial charge in [0.25, 0.3) is 0 Å². The molecule has 0 saturated carbocycles. The molecule has 0 aliphatic carbocycles. The Morgan fingerprint density at radius 3 is 2.48 bits per heavy atom. The van der Waals surface area contributed by atoms with Crippen LogP contribution in [0.3, 0.4) is 0 Å². The molecule has 3 rings (SSSR count). The van der Waals surface area contributed by atoms with E-state index in [1.807, 2.05) is 18.2 Å². The molecule has 1 saturated heterocycles. The summed E-state index contributed by atoms with van der Waals surface area (Å²) in [6.45, 7) is 5.20. The van der Waals surface area contributed by atoms with E-state index in [9.17, 15) is 0 Å². The normalized spacial score (nSPS) is 17.1. The average Bonchev–Trinajstić information content (AvgIpc) is 2.76. The Balaban J connectivity index is 0.00000300. The fourth-order valence-corrected chi connectivity index (χ4v) is 3.57. The number of guanidine groups is 1. The van der Waals surface area contributed by atoms with Gasteiger partial charge in [0.05, 0.1) is 12.2 Å². The molecule has 1 unspecified atom stereocenters. The lowest BCUT2D eigenvalue weighted by Crippen LogP contribution is -2.58. The maximum absolute atomic E-state index is 5.63. The van der Waals surface area contributed by atoms with Crippen molar-refractivity contribution in [1.29, 1.82) is 0 Å². The van der Waals surface area contributed by atoms with Crippen LogP contribution in [0.15, 0.2) is 59.7 Å². The second kappa shape index (κ2) is 12.1. The van der Waals surface area contributed by atoms with E-state index in [2.05, 4.69) is 63.2 Å². The molecule has 1 fully saturated rings. The Morgan fingerprint density at radius 1 is 1.10 bits per heavy atom. The SMILES string of the molecule is CN=C(NCc1ccccn1)NCC1(NC(C)c2ccccc2)CCOCC1.I. The Labute approximate surface area is 191 Å². The molecule has 7 heteroatoms. The molecule has 29 heavy (non-hydrogen) atoms. The van der Waals surface area contributed by atoms with Gasteiger partial charge in [-0.1, -0.05) is 36.4 Å². The van der Waals surface area contributed by atoms with Crippen LogP contribution in [-0.2, 0) is 11.3 Å². The molecule has 2 heterocycles. The van der Waals surface area contributed by atoms with Crippen molar-refractivity contribution in [2.45, 2.75) is 37.9 Å². The van der Waals surface area contributed by atoms with Crippen molar-refractivity contribution < 1.29 is 4.74 Å². The zero-order chi connectivity index (χ0) is 19.7. The number of pyridine rings is 1. The van der Waals surface area contributed by atoms with Gasteiger partial charge in [-0.3, -0.25) is 9.98 Å². The molecule has 0 spiro atoms. The first-order valence-electron chi connectivity index (χ1n) is 9.96. The van der Waals surface area contributed by atoms with Crippen molar-refractivity contribution in [1.82, 2.24) is 20.9 Å². The minimum Gasteiger partial charge on any atom is -0.381 e. The van der Waals surface area contributed by atoms with Gasteiger partial charge in [-0.2, -0.15) is 0 Å². The Kier molecular flexibility index (Phi) is 9.83. The summed E-state index contributed by atoms with van der Waals surface area (Å²) in [4.78, 5) is 8.71. The third kappa shape index (κ3) is 7.24. The highest BCUT2D eigenvalue weighted by Gasteiger charge is 2.34. The Bertz CT molecular complexity index is 735. The smallest absolute Gasteiger partial charge is 0.191 e. The summed E-state index contributed by atoms with van der Waals surface area (Å²) in [5, 5.41) is 10.7. The van der Waals surface area contributed by atoms with Crippen molar-refractivity contribution in [3.63, 3.8) is 0 Å². The van der Waals surface area contributed by atoms with E-state index in [0.29, 0.717) is 6.54 Å².